The van der Waals surface area contributed by atoms with Crippen molar-refractivity contribution in [3.63, 3.8) is 0 Å². The average Bonchev–Trinajstić information content (AvgIpc) is 2.58. The van der Waals surface area contributed by atoms with E-state index in [9.17, 15) is 19.2 Å². The molecule has 0 radical (unpaired) electrons. The Kier molecular flexibility index (Phi) is 11.7. The predicted octanol–water partition coefficient (Wildman–Crippen LogP) is 3.39. The summed E-state index contributed by atoms with van der Waals surface area (Å²) < 4.78 is 9.24. The first-order chi connectivity index (χ1) is 13.2. The number of carbonyl (C=O) groups excluding carboxylic acids is 4. The number of rotatable bonds is 10. The molecule has 0 aliphatic carbocycles. The van der Waals surface area contributed by atoms with Gasteiger partial charge in [-0.1, -0.05) is 10.8 Å². The molecular weight excluding hydrogens is 416 g/mol. The summed E-state index contributed by atoms with van der Waals surface area (Å²) in [6.07, 6.45) is 1.61. The fourth-order valence-electron chi connectivity index (χ4n) is 2.19. The zero-order chi connectivity index (χ0) is 22.8. The third kappa shape index (κ3) is 12.0. The Balaban J connectivity index is 4.47. The Labute approximate surface area is 181 Å². The van der Waals surface area contributed by atoms with Gasteiger partial charge in [0, 0.05) is 37.7 Å². The zero-order valence-electron chi connectivity index (χ0n) is 18.6. The molecule has 0 rings (SSSR count). The maximum atomic E-state index is 12.4. The van der Waals surface area contributed by atoms with Crippen molar-refractivity contribution in [2.45, 2.75) is 77.2 Å². The summed E-state index contributed by atoms with van der Waals surface area (Å²) in [6.45, 7) is 10.8. The van der Waals surface area contributed by atoms with Gasteiger partial charge in [0.05, 0.1) is 11.9 Å². The van der Waals surface area contributed by atoms with Crippen molar-refractivity contribution in [1.29, 1.82) is 0 Å². The van der Waals surface area contributed by atoms with Gasteiger partial charge in [-0.05, 0) is 47.5 Å². The first kappa shape index (κ1) is 27.6. The topological polar surface area (TPSA) is 102 Å². The number of ether oxygens (including phenoxy) is 2. The average molecular weight is 451 g/mol. The minimum Gasteiger partial charge on any atom is -0.467 e. The molecule has 0 aliphatic heterocycles. The van der Waals surface area contributed by atoms with E-state index in [1.54, 1.807) is 25.8 Å². The molecule has 0 fully saturated rings. The summed E-state index contributed by atoms with van der Waals surface area (Å²) in [5.41, 5.74) is -0.496. The number of unbranched alkanes of at least 4 members (excludes halogenated alkanes) is 1. The fraction of sp³-hybridized carbons (Fsp3) is 0.789. The lowest BCUT2D eigenvalue weighted by molar-refractivity contribution is -0.155. The fourth-order valence-corrected chi connectivity index (χ4v) is 4.48. The summed E-state index contributed by atoms with van der Waals surface area (Å²) >= 11 is 0. The number of carbonyl (C=O) groups is 4. The number of nitrogens with one attached hydrogen (secondary N) is 1. The molecule has 168 valence electrons. The summed E-state index contributed by atoms with van der Waals surface area (Å²) in [7, 11) is 5.13. The maximum Gasteiger partial charge on any atom is 0.329 e. The second kappa shape index (κ2) is 12.3. The third-order valence-electron chi connectivity index (χ3n) is 3.66. The van der Waals surface area contributed by atoms with E-state index in [-0.39, 0.29) is 17.1 Å². The molecule has 0 saturated carbocycles. The van der Waals surface area contributed by atoms with Crippen molar-refractivity contribution in [3.05, 3.63) is 0 Å². The molecule has 0 aromatic rings. The Morgan fingerprint density at radius 2 is 1.66 bits per heavy atom. The molecule has 0 heterocycles. The van der Waals surface area contributed by atoms with Gasteiger partial charge in [0.2, 0.25) is 5.91 Å². The normalized spacial score (nSPS) is 12.7. The lowest BCUT2D eigenvalue weighted by Gasteiger charge is -2.31. The summed E-state index contributed by atoms with van der Waals surface area (Å²) in [6, 6.07) is -0.880. The van der Waals surface area contributed by atoms with E-state index in [1.165, 1.54) is 24.8 Å². The predicted molar refractivity (Wildman–Crippen MR) is 117 cm³/mol. The monoisotopic (exact) mass is 450 g/mol. The van der Waals surface area contributed by atoms with E-state index in [0.29, 0.717) is 25.8 Å². The molecule has 1 atom stereocenters. The molecule has 0 saturated heterocycles. The van der Waals surface area contributed by atoms with Crippen molar-refractivity contribution in [1.82, 2.24) is 10.2 Å². The van der Waals surface area contributed by atoms with Crippen LogP contribution in [0.1, 0.15) is 60.8 Å². The number of hydrogen-bond donors (Lipinski definition) is 1. The smallest absolute Gasteiger partial charge is 0.329 e. The second-order valence-corrected chi connectivity index (χ2v) is 10.9. The van der Waals surface area contributed by atoms with Crippen molar-refractivity contribution in [3.8, 4) is 0 Å². The largest absolute Gasteiger partial charge is 0.467 e. The van der Waals surface area contributed by atoms with Crippen molar-refractivity contribution in [2.24, 2.45) is 0 Å². The first-order valence-corrected chi connectivity index (χ1v) is 11.5. The SMILES string of the molecule is COC(=O)C(NC(C)=O)C(C)(C)SSC(=O)N(C)CCCCC(=O)OC(C)(C)C. The molecule has 2 amide bonds. The zero-order valence-corrected chi connectivity index (χ0v) is 20.3. The van der Waals surface area contributed by atoms with E-state index in [0.717, 1.165) is 10.8 Å². The van der Waals surface area contributed by atoms with Gasteiger partial charge >= 0.3 is 11.9 Å². The quantitative estimate of drug-likeness (QED) is 0.307. The number of methoxy groups -OCH3 is 1. The van der Waals surface area contributed by atoms with Crippen LogP contribution in [0.4, 0.5) is 4.79 Å². The molecule has 1 N–H and O–H groups in total. The van der Waals surface area contributed by atoms with Crippen LogP contribution in [0.5, 0.6) is 0 Å². The lowest BCUT2D eigenvalue weighted by Crippen LogP contribution is -2.52. The molecular formula is C19H34N2O6S2. The van der Waals surface area contributed by atoms with Gasteiger partial charge in [-0.2, -0.15) is 0 Å². The van der Waals surface area contributed by atoms with Gasteiger partial charge in [-0.3, -0.25) is 14.4 Å². The van der Waals surface area contributed by atoms with Gasteiger partial charge in [0.1, 0.15) is 11.6 Å². The van der Waals surface area contributed by atoms with Gasteiger partial charge in [-0.25, -0.2) is 4.79 Å². The van der Waals surface area contributed by atoms with Crippen LogP contribution in [0.15, 0.2) is 0 Å². The molecule has 1 unspecified atom stereocenters. The van der Waals surface area contributed by atoms with Gasteiger partial charge in [0.25, 0.3) is 5.24 Å². The van der Waals surface area contributed by atoms with Crippen LogP contribution in [-0.2, 0) is 23.9 Å². The van der Waals surface area contributed by atoms with Crippen LogP contribution in [0.3, 0.4) is 0 Å². The highest BCUT2D eigenvalue weighted by molar-refractivity contribution is 8.82. The van der Waals surface area contributed by atoms with E-state index in [2.05, 4.69) is 5.32 Å². The van der Waals surface area contributed by atoms with Crippen LogP contribution in [0.25, 0.3) is 0 Å². The van der Waals surface area contributed by atoms with Gasteiger partial charge < -0.3 is 19.7 Å². The molecule has 0 aliphatic rings. The molecule has 0 aromatic heterocycles. The lowest BCUT2D eigenvalue weighted by atomic mass is 10.0. The number of esters is 2. The molecule has 0 bridgehead atoms. The van der Waals surface area contributed by atoms with E-state index >= 15 is 0 Å². The maximum absolute atomic E-state index is 12.4. The highest BCUT2D eigenvalue weighted by Gasteiger charge is 2.38. The van der Waals surface area contributed by atoms with Crippen LogP contribution < -0.4 is 5.32 Å². The molecule has 29 heavy (non-hydrogen) atoms. The van der Waals surface area contributed by atoms with E-state index < -0.39 is 22.4 Å². The third-order valence-corrected chi connectivity index (χ3v) is 6.83. The van der Waals surface area contributed by atoms with Crippen molar-refractivity contribution < 1.29 is 28.7 Å². The Bertz CT molecular complexity index is 590. The molecule has 10 heteroatoms. The molecule has 0 aromatic carbocycles. The highest BCUT2D eigenvalue weighted by Crippen LogP contribution is 2.39. The van der Waals surface area contributed by atoms with Crippen molar-refractivity contribution in [2.75, 3.05) is 20.7 Å². The number of hydrogen-bond acceptors (Lipinski definition) is 8. The van der Waals surface area contributed by atoms with Crippen LogP contribution in [0.2, 0.25) is 0 Å². The molecule has 8 nitrogen and oxygen atoms in total. The first-order valence-electron chi connectivity index (χ1n) is 9.37. The highest BCUT2D eigenvalue weighted by atomic mass is 33.1. The summed E-state index contributed by atoms with van der Waals surface area (Å²) in [4.78, 5) is 49.0. The van der Waals surface area contributed by atoms with E-state index in [1.807, 2.05) is 20.8 Å². The Hall–Kier alpha value is -1.42. The van der Waals surface area contributed by atoms with Crippen LogP contribution in [-0.4, -0.2) is 65.1 Å². The van der Waals surface area contributed by atoms with Gasteiger partial charge in [-0.15, -0.1) is 0 Å². The van der Waals surface area contributed by atoms with Gasteiger partial charge in [0.15, 0.2) is 0 Å². The Morgan fingerprint density at radius 1 is 1.07 bits per heavy atom. The minimum atomic E-state index is -0.880. The Morgan fingerprint density at radius 3 is 2.14 bits per heavy atom. The standard InChI is InChI=1S/C19H34N2O6S2/c1-13(22)20-15(16(24)26-8)19(5,6)29-28-17(25)21(7)12-10-9-11-14(23)27-18(2,3)4/h15H,9-12H2,1-8H3,(H,20,22). The second-order valence-electron chi connectivity index (χ2n) is 8.16. The summed E-state index contributed by atoms with van der Waals surface area (Å²) in [5, 5.41) is 2.40. The van der Waals surface area contributed by atoms with Crippen molar-refractivity contribution >= 4 is 44.7 Å². The summed E-state index contributed by atoms with van der Waals surface area (Å²) in [5.74, 6) is -1.17. The number of amides is 2. The minimum absolute atomic E-state index is 0.174. The van der Waals surface area contributed by atoms with E-state index in [4.69, 9.17) is 9.47 Å². The molecule has 0 spiro atoms. The van der Waals surface area contributed by atoms with Crippen LogP contribution >= 0.6 is 21.6 Å². The number of nitrogens with zero attached hydrogens (tertiary/aromatic N) is 1. The van der Waals surface area contributed by atoms with Crippen LogP contribution in [0, 0.1) is 0 Å².